The Kier molecular flexibility index (Phi) is 14.4. The molecular formula is C10H21MgO4S+. The summed E-state index contributed by atoms with van der Waals surface area (Å²) in [6.45, 7) is 2.21. The van der Waals surface area contributed by atoms with Crippen molar-refractivity contribution in [2.45, 2.75) is 58.3 Å². The molecule has 0 aromatic rings. The van der Waals surface area contributed by atoms with Crippen molar-refractivity contribution in [1.82, 2.24) is 0 Å². The van der Waals surface area contributed by atoms with E-state index < -0.39 is 10.4 Å². The molecule has 16 heavy (non-hydrogen) atoms. The minimum Gasteiger partial charge on any atom is -0.726 e. The predicted molar refractivity (Wildman–Crippen MR) is 64.0 cm³/mol. The van der Waals surface area contributed by atoms with Gasteiger partial charge in [0, 0.05) is 0 Å². The fourth-order valence-corrected chi connectivity index (χ4v) is 1.72. The monoisotopic (exact) mass is 261 g/mol. The molecule has 0 N–H and O–H groups in total. The van der Waals surface area contributed by atoms with E-state index >= 15 is 0 Å². The smallest absolute Gasteiger partial charge is 0.726 e. The van der Waals surface area contributed by atoms with E-state index in [2.05, 4.69) is 11.1 Å². The number of hydrogen-bond donors (Lipinski definition) is 0. The van der Waals surface area contributed by atoms with E-state index in [0.29, 0.717) is 6.42 Å². The molecule has 0 aliphatic heterocycles. The standard InChI is InChI=1S/C10H22O4S.Mg/c1-2-3-4-5-6-7-8-9-10-14-15(11,12)13;/h2-10H2,1H3,(H,11,12,13);/q;+2/p-1. The first-order chi connectivity index (χ1) is 7.06. The normalized spacial score (nSPS) is 11.1. The molecule has 0 aromatic heterocycles. The Morgan fingerprint density at radius 2 is 1.38 bits per heavy atom. The van der Waals surface area contributed by atoms with Gasteiger partial charge in [0.15, 0.2) is 0 Å². The van der Waals surface area contributed by atoms with Crippen LogP contribution in [0, 0.1) is 0 Å². The fourth-order valence-electron chi connectivity index (χ4n) is 1.40. The molecule has 0 aliphatic rings. The molecule has 0 spiro atoms. The van der Waals surface area contributed by atoms with Gasteiger partial charge in [-0.2, -0.15) is 0 Å². The van der Waals surface area contributed by atoms with E-state index in [-0.39, 0.29) is 29.7 Å². The Balaban J connectivity index is 0. The zero-order valence-corrected chi connectivity index (χ0v) is 12.3. The molecule has 0 amide bonds. The predicted octanol–water partition coefficient (Wildman–Crippen LogP) is 2.22. The Morgan fingerprint density at radius 1 is 0.938 bits per heavy atom. The van der Waals surface area contributed by atoms with Gasteiger partial charge in [-0.1, -0.05) is 51.9 Å². The second-order valence-corrected chi connectivity index (χ2v) is 4.76. The largest absolute Gasteiger partial charge is 2.00 e. The van der Waals surface area contributed by atoms with Crippen molar-refractivity contribution in [3.63, 3.8) is 0 Å². The van der Waals surface area contributed by atoms with Crippen molar-refractivity contribution in [2.75, 3.05) is 6.61 Å². The molecule has 0 atom stereocenters. The summed E-state index contributed by atoms with van der Waals surface area (Å²) in [5.74, 6) is 0. The van der Waals surface area contributed by atoms with E-state index in [1.54, 1.807) is 0 Å². The van der Waals surface area contributed by atoms with Gasteiger partial charge in [0.2, 0.25) is 10.4 Å². The molecule has 0 fully saturated rings. The summed E-state index contributed by atoms with van der Waals surface area (Å²) < 4.78 is 34.3. The van der Waals surface area contributed by atoms with Crippen molar-refractivity contribution in [3.8, 4) is 0 Å². The second-order valence-electron chi connectivity index (χ2n) is 3.71. The van der Waals surface area contributed by atoms with Gasteiger partial charge in [-0.05, 0) is 6.42 Å². The van der Waals surface area contributed by atoms with Crippen LogP contribution in [0.15, 0.2) is 0 Å². The van der Waals surface area contributed by atoms with E-state index in [4.69, 9.17) is 0 Å². The van der Waals surface area contributed by atoms with Crippen LogP contribution in [0.1, 0.15) is 58.3 Å². The molecule has 0 heterocycles. The third kappa shape index (κ3) is 17.0. The minimum atomic E-state index is -4.48. The summed E-state index contributed by atoms with van der Waals surface area (Å²) >= 11 is 0. The minimum absolute atomic E-state index is 0. The zero-order valence-electron chi connectivity index (χ0n) is 10.1. The first kappa shape index (κ1) is 19.0. The second kappa shape index (κ2) is 12.1. The first-order valence-corrected chi connectivity index (χ1v) is 7.00. The van der Waals surface area contributed by atoms with Crippen molar-refractivity contribution in [2.24, 2.45) is 0 Å². The maximum Gasteiger partial charge on any atom is 2.00 e. The van der Waals surface area contributed by atoms with E-state index in [1.807, 2.05) is 0 Å². The molecule has 0 rings (SSSR count). The van der Waals surface area contributed by atoms with Gasteiger partial charge in [-0.25, -0.2) is 8.42 Å². The van der Waals surface area contributed by atoms with Crippen LogP contribution in [0.2, 0.25) is 0 Å². The van der Waals surface area contributed by atoms with Gasteiger partial charge in [-0.3, -0.25) is 4.18 Å². The maximum absolute atomic E-state index is 10.1. The van der Waals surface area contributed by atoms with Crippen molar-refractivity contribution in [1.29, 1.82) is 0 Å². The van der Waals surface area contributed by atoms with Crippen LogP contribution in [-0.4, -0.2) is 42.6 Å². The summed E-state index contributed by atoms with van der Waals surface area (Å²) in [7, 11) is -4.48. The molecule has 0 aromatic carbocycles. The molecule has 0 unspecified atom stereocenters. The average Bonchev–Trinajstić information content (AvgIpc) is 2.14. The van der Waals surface area contributed by atoms with E-state index in [9.17, 15) is 13.0 Å². The van der Waals surface area contributed by atoms with Gasteiger partial charge in [0.05, 0.1) is 6.61 Å². The Bertz CT molecular complexity index is 229. The summed E-state index contributed by atoms with van der Waals surface area (Å²) in [6.07, 6.45) is 8.91. The molecule has 92 valence electrons. The molecule has 0 bridgehead atoms. The van der Waals surface area contributed by atoms with Crippen LogP contribution >= 0.6 is 0 Å². The molecule has 6 heteroatoms. The molecular weight excluding hydrogens is 240 g/mol. The van der Waals surface area contributed by atoms with Crippen LogP contribution in [0.4, 0.5) is 0 Å². The molecule has 4 nitrogen and oxygen atoms in total. The van der Waals surface area contributed by atoms with E-state index in [1.165, 1.54) is 32.1 Å². The van der Waals surface area contributed by atoms with Crippen LogP contribution in [-0.2, 0) is 14.6 Å². The van der Waals surface area contributed by atoms with Gasteiger partial charge in [0.25, 0.3) is 0 Å². The summed E-state index contributed by atoms with van der Waals surface area (Å²) in [5, 5.41) is 0. The molecule has 0 aliphatic carbocycles. The first-order valence-electron chi connectivity index (χ1n) is 5.66. The van der Waals surface area contributed by atoms with Gasteiger partial charge >= 0.3 is 23.1 Å². The third-order valence-corrected chi connectivity index (χ3v) is 2.68. The number of unbranched alkanes of at least 4 members (excludes halogenated alkanes) is 7. The van der Waals surface area contributed by atoms with Gasteiger partial charge in [0.1, 0.15) is 0 Å². The van der Waals surface area contributed by atoms with Gasteiger partial charge in [-0.15, -0.1) is 0 Å². The summed E-state index contributed by atoms with van der Waals surface area (Å²) in [6, 6.07) is 0. The Morgan fingerprint density at radius 3 is 1.81 bits per heavy atom. The van der Waals surface area contributed by atoms with Crippen LogP contribution in [0.25, 0.3) is 0 Å². The average molecular weight is 262 g/mol. The van der Waals surface area contributed by atoms with Gasteiger partial charge < -0.3 is 4.55 Å². The van der Waals surface area contributed by atoms with Crippen LogP contribution in [0.5, 0.6) is 0 Å². The van der Waals surface area contributed by atoms with E-state index in [0.717, 1.165) is 12.8 Å². The SMILES string of the molecule is CCCCCCCCCCOS(=O)(=O)[O-].[Mg+2]. The molecule has 0 radical (unpaired) electrons. The third-order valence-electron chi connectivity index (χ3n) is 2.23. The fraction of sp³-hybridized carbons (Fsp3) is 1.00. The Labute approximate surface area is 115 Å². The topological polar surface area (TPSA) is 66.4 Å². The van der Waals surface area contributed by atoms with Crippen molar-refractivity contribution < 1.29 is 17.2 Å². The summed E-state index contributed by atoms with van der Waals surface area (Å²) in [5.41, 5.74) is 0. The van der Waals surface area contributed by atoms with Crippen LogP contribution < -0.4 is 0 Å². The van der Waals surface area contributed by atoms with Crippen LogP contribution in [0.3, 0.4) is 0 Å². The van der Waals surface area contributed by atoms with Crippen molar-refractivity contribution in [3.05, 3.63) is 0 Å². The Hall–Kier alpha value is 0.636. The quantitative estimate of drug-likeness (QED) is 0.262. The zero-order chi connectivity index (χ0) is 11.6. The molecule has 0 saturated carbocycles. The maximum atomic E-state index is 10.1. The summed E-state index contributed by atoms with van der Waals surface area (Å²) in [4.78, 5) is 0. The van der Waals surface area contributed by atoms with Crippen molar-refractivity contribution >= 4 is 33.5 Å². The number of rotatable bonds is 10. The number of hydrogen-bond acceptors (Lipinski definition) is 4. The molecule has 0 saturated heterocycles.